The number of halogens is 2. The molecule has 0 saturated carbocycles. The molecule has 138 valence electrons. The molecule has 0 atom stereocenters. The average Bonchev–Trinajstić information content (AvgIpc) is 2.62. The first kappa shape index (κ1) is 19.1. The largest absolute Gasteiger partial charge is 0.350 e. The van der Waals surface area contributed by atoms with Crippen molar-refractivity contribution in [2.45, 2.75) is 19.9 Å². The third-order valence-electron chi connectivity index (χ3n) is 3.82. The molecule has 2 N–H and O–H groups in total. The van der Waals surface area contributed by atoms with Crippen molar-refractivity contribution in [1.29, 1.82) is 0 Å². The molecule has 0 bridgehead atoms. The van der Waals surface area contributed by atoms with Gasteiger partial charge in [0.15, 0.2) is 0 Å². The molecule has 27 heavy (non-hydrogen) atoms. The minimum absolute atomic E-state index is 0.00448. The number of pyridine rings is 1. The van der Waals surface area contributed by atoms with Crippen LogP contribution in [-0.2, 0) is 0 Å². The maximum Gasteiger partial charge on any atom is 0.274 e. The summed E-state index contributed by atoms with van der Waals surface area (Å²) in [5.74, 6) is -0.713. The molecule has 3 rings (SSSR count). The van der Waals surface area contributed by atoms with E-state index in [0.29, 0.717) is 16.3 Å². The zero-order valence-corrected chi connectivity index (χ0v) is 16.2. The second-order valence-electron chi connectivity index (χ2n) is 6.30. The number of carbonyl (C=O) groups is 2. The molecule has 0 aliphatic carbocycles. The molecule has 0 spiro atoms. The summed E-state index contributed by atoms with van der Waals surface area (Å²) >= 11 is 12.4. The Hall–Kier alpha value is -2.63. The molecular formula is C20H17Cl2N3O2. The van der Waals surface area contributed by atoms with Crippen molar-refractivity contribution in [3.63, 3.8) is 0 Å². The van der Waals surface area contributed by atoms with E-state index in [-0.39, 0.29) is 22.8 Å². The first-order valence-electron chi connectivity index (χ1n) is 8.32. The van der Waals surface area contributed by atoms with Crippen LogP contribution in [0, 0.1) is 0 Å². The van der Waals surface area contributed by atoms with Crippen LogP contribution < -0.4 is 10.6 Å². The van der Waals surface area contributed by atoms with Crippen LogP contribution in [0.15, 0.2) is 48.5 Å². The van der Waals surface area contributed by atoms with Gasteiger partial charge in [0.25, 0.3) is 11.8 Å². The van der Waals surface area contributed by atoms with E-state index in [2.05, 4.69) is 15.6 Å². The van der Waals surface area contributed by atoms with Crippen LogP contribution in [0.3, 0.4) is 0 Å². The van der Waals surface area contributed by atoms with Gasteiger partial charge in [0.05, 0.1) is 10.7 Å². The molecule has 2 amide bonds. The highest BCUT2D eigenvalue weighted by molar-refractivity contribution is 6.35. The molecule has 1 aromatic heterocycles. The van der Waals surface area contributed by atoms with Gasteiger partial charge in [-0.2, -0.15) is 0 Å². The van der Waals surface area contributed by atoms with Crippen molar-refractivity contribution in [2.75, 3.05) is 5.32 Å². The lowest BCUT2D eigenvalue weighted by Gasteiger charge is -2.12. The van der Waals surface area contributed by atoms with Crippen LogP contribution in [-0.4, -0.2) is 22.8 Å². The zero-order chi connectivity index (χ0) is 19.6. The van der Waals surface area contributed by atoms with E-state index in [1.165, 1.54) is 6.07 Å². The highest BCUT2D eigenvalue weighted by Crippen LogP contribution is 2.26. The van der Waals surface area contributed by atoms with Gasteiger partial charge in [-0.05, 0) is 43.5 Å². The lowest BCUT2D eigenvalue weighted by molar-refractivity contribution is 0.0941. The predicted octanol–water partition coefficient (Wildman–Crippen LogP) is 4.93. The SMILES string of the molecule is CC(C)NC(=O)c1ccc(Cl)c(NC(=O)c2cc3ccccc3c(Cl)n2)c1. The molecule has 3 aromatic rings. The minimum atomic E-state index is -0.467. The Morgan fingerprint density at radius 3 is 2.48 bits per heavy atom. The smallest absolute Gasteiger partial charge is 0.274 e. The Bertz CT molecular complexity index is 1030. The van der Waals surface area contributed by atoms with Gasteiger partial charge in [-0.15, -0.1) is 0 Å². The number of amides is 2. The second kappa shape index (κ2) is 7.94. The lowest BCUT2D eigenvalue weighted by atomic mass is 10.1. The number of carbonyl (C=O) groups excluding carboxylic acids is 2. The van der Waals surface area contributed by atoms with Gasteiger partial charge in [-0.3, -0.25) is 9.59 Å². The number of benzene rings is 2. The van der Waals surface area contributed by atoms with Gasteiger partial charge in [0, 0.05) is 17.0 Å². The van der Waals surface area contributed by atoms with E-state index in [1.807, 2.05) is 38.1 Å². The molecule has 5 nitrogen and oxygen atoms in total. The quantitative estimate of drug-likeness (QED) is 0.608. The van der Waals surface area contributed by atoms with Crippen LogP contribution in [0.5, 0.6) is 0 Å². The van der Waals surface area contributed by atoms with E-state index in [0.717, 1.165) is 10.8 Å². The molecule has 7 heteroatoms. The minimum Gasteiger partial charge on any atom is -0.350 e. The van der Waals surface area contributed by atoms with E-state index < -0.39 is 5.91 Å². The van der Waals surface area contributed by atoms with E-state index in [4.69, 9.17) is 23.2 Å². The summed E-state index contributed by atoms with van der Waals surface area (Å²) in [5.41, 5.74) is 0.879. The number of fused-ring (bicyclic) bond motifs is 1. The number of rotatable bonds is 4. The Labute approximate surface area is 166 Å². The van der Waals surface area contributed by atoms with Crippen molar-refractivity contribution in [2.24, 2.45) is 0 Å². The van der Waals surface area contributed by atoms with Gasteiger partial charge in [-0.1, -0.05) is 47.5 Å². The van der Waals surface area contributed by atoms with E-state index >= 15 is 0 Å². The topological polar surface area (TPSA) is 71.1 Å². The maximum absolute atomic E-state index is 12.6. The van der Waals surface area contributed by atoms with E-state index in [9.17, 15) is 9.59 Å². The number of aromatic nitrogens is 1. The lowest BCUT2D eigenvalue weighted by Crippen LogP contribution is -2.30. The first-order valence-corrected chi connectivity index (χ1v) is 9.08. The van der Waals surface area contributed by atoms with Crippen molar-refractivity contribution in [3.05, 3.63) is 70.0 Å². The van der Waals surface area contributed by atoms with Gasteiger partial charge >= 0.3 is 0 Å². The molecule has 0 aliphatic heterocycles. The highest BCUT2D eigenvalue weighted by Gasteiger charge is 2.15. The third-order valence-corrected chi connectivity index (χ3v) is 4.44. The molecule has 2 aromatic carbocycles. The first-order chi connectivity index (χ1) is 12.8. The van der Waals surface area contributed by atoms with E-state index in [1.54, 1.807) is 18.2 Å². The molecule has 0 saturated heterocycles. The summed E-state index contributed by atoms with van der Waals surface area (Å²) in [6.45, 7) is 3.73. The van der Waals surface area contributed by atoms with Crippen LogP contribution in [0.2, 0.25) is 10.2 Å². The van der Waals surface area contributed by atoms with Crippen LogP contribution >= 0.6 is 23.2 Å². The van der Waals surface area contributed by atoms with Crippen LogP contribution in [0.25, 0.3) is 10.8 Å². The normalized spacial score (nSPS) is 10.9. The highest BCUT2D eigenvalue weighted by atomic mass is 35.5. The summed E-state index contributed by atoms with van der Waals surface area (Å²) in [6.07, 6.45) is 0. The number of hydrogen-bond donors (Lipinski definition) is 2. The van der Waals surface area contributed by atoms with Gasteiger partial charge in [-0.25, -0.2) is 4.98 Å². The Morgan fingerprint density at radius 2 is 1.74 bits per heavy atom. The molecule has 1 heterocycles. The Kier molecular flexibility index (Phi) is 5.63. The average molecular weight is 402 g/mol. The molecule has 0 aliphatic rings. The summed E-state index contributed by atoms with van der Waals surface area (Å²) in [4.78, 5) is 29.0. The molecule has 0 radical (unpaired) electrons. The third kappa shape index (κ3) is 4.38. The fourth-order valence-corrected chi connectivity index (χ4v) is 2.99. The van der Waals surface area contributed by atoms with Gasteiger partial charge in [0.1, 0.15) is 10.8 Å². The van der Waals surface area contributed by atoms with Crippen LogP contribution in [0.1, 0.15) is 34.7 Å². The number of nitrogens with zero attached hydrogens (tertiary/aromatic N) is 1. The van der Waals surface area contributed by atoms with Crippen molar-refractivity contribution in [3.8, 4) is 0 Å². The number of nitrogens with one attached hydrogen (secondary N) is 2. The standard InChI is InChI=1S/C20H17Cl2N3O2/c1-11(2)23-19(26)13-7-8-15(21)16(10-13)25-20(27)17-9-12-5-3-4-6-14(12)18(22)24-17/h3-11H,1-2H3,(H,23,26)(H,25,27). The van der Waals surface area contributed by atoms with Gasteiger partial charge < -0.3 is 10.6 Å². The van der Waals surface area contributed by atoms with Crippen molar-refractivity contribution < 1.29 is 9.59 Å². The van der Waals surface area contributed by atoms with Crippen LogP contribution in [0.4, 0.5) is 5.69 Å². The summed E-state index contributed by atoms with van der Waals surface area (Å²) in [7, 11) is 0. The molecular weight excluding hydrogens is 385 g/mol. The fourth-order valence-electron chi connectivity index (χ4n) is 2.57. The number of anilines is 1. The summed E-state index contributed by atoms with van der Waals surface area (Å²) < 4.78 is 0. The zero-order valence-electron chi connectivity index (χ0n) is 14.7. The van der Waals surface area contributed by atoms with Crippen molar-refractivity contribution >= 4 is 51.5 Å². The number of hydrogen-bond acceptors (Lipinski definition) is 3. The summed E-state index contributed by atoms with van der Waals surface area (Å²) in [5, 5.41) is 7.62. The fraction of sp³-hybridized carbons (Fsp3) is 0.150. The molecule has 0 unspecified atom stereocenters. The Morgan fingerprint density at radius 1 is 1.00 bits per heavy atom. The Balaban J connectivity index is 1.89. The van der Waals surface area contributed by atoms with Crippen molar-refractivity contribution in [1.82, 2.24) is 10.3 Å². The monoisotopic (exact) mass is 401 g/mol. The molecule has 0 fully saturated rings. The van der Waals surface area contributed by atoms with Gasteiger partial charge in [0.2, 0.25) is 0 Å². The summed E-state index contributed by atoms with van der Waals surface area (Å²) in [6, 6.07) is 13.7. The maximum atomic E-state index is 12.6. The predicted molar refractivity (Wildman–Crippen MR) is 109 cm³/mol. The second-order valence-corrected chi connectivity index (χ2v) is 7.06.